The van der Waals surface area contributed by atoms with E-state index in [4.69, 9.17) is 9.47 Å². The number of phenolic OH excluding ortho intramolecular Hbond substituents is 2. The summed E-state index contributed by atoms with van der Waals surface area (Å²) in [7, 11) is 3.03. The summed E-state index contributed by atoms with van der Waals surface area (Å²) >= 11 is 0. The van der Waals surface area contributed by atoms with Crippen molar-refractivity contribution in [3.05, 3.63) is 47.5 Å². The molecule has 2 unspecified atom stereocenters. The maximum Gasteiger partial charge on any atom is 0.160 e. The van der Waals surface area contributed by atoms with Gasteiger partial charge in [0.05, 0.1) is 14.2 Å². The summed E-state index contributed by atoms with van der Waals surface area (Å²) in [4.78, 5) is 22.8. The molecule has 0 fully saturated rings. The highest BCUT2D eigenvalue weighted by atomic mass is 16.5. The van der Waals surface area contributed by atoms with Gasteiger partial charge in [0.2, 0.25) is 0 Å². The van der Waals surface area contributed by atoms with Crippen LogP contribution in [0.2, 0.25) is 0 Å². The Bertz CT molecular complexity index is 890. The Labute approximate surface area is 191 Å². The van der Waals surface area contributed by atoms with Crippen molar-refractivity contribution in [1.82, 2.24) is 0 Å². The van der Waals surface area contributed by atoms with Crippen molar-refractivity contribution >= 4 is 11.6 Å². The molecule has 0 amide bonds. The molecule has 0 aliphatic heterocycles. The highest BCUT2D eigenvalue weighted by molar-refractivity contribution is 5.80. The standard InChI is InChI=1S/C14H20O3.C12H16O3/c1-4-5-12(15)10(2)8-11-6-7-13(16)14(9-11)17-3;1-8(9(2)13)6-10-4-5-11(14)12(7-10)15-3/h6-7,9-10,16H,4-5,8H2,1-3H3;4-5,7-8,14H,6H2,1-3H3. The topological polar surface area (TPSA) is 93.1 Å². The molecule has 0 bridgehead atoms. The number of methoxy groups -OCH3 is 2. The second-order valence-corrected chi connectivity index (χ2v) is 8.05. The number of Topliss-reactive ketones (excluding diaryl/α,β-unsaturated/α-hetero) is 2. The van der Waals surface area contributed by atoms with Gasteiger partial charge in [-0.25, -0.2) is 0 Å². The quantitative estimate of drug-likeness (QED) is 0.528. The highest BCUT2D eigenvalue weighted by Crippen LogP contribution is 2.28. The van der Waals surface area contributed by atoms with Crippen molar-refractivity contribution in [1.29, 1.82) is 0 Å². The molecular weight excluding hydrogens is 408 g/mol. The first-order valence-corrected chi connectivity index (χ1v) is 10.9. The van der Waals surface area contributed by atoms with Crippen LogP contribution in [0.4, 0.5) is 0 Å². The molecule has 0 spiro atoms. The molecule has 6 heteroatoms. The molecule has 176 valence electrons. The Morgan fingerprint density at radius 3 is 1.66 bits per heavy atom. The van der Waals surface area contributed by atoms with Gasteiger partial charge in [-0.3, -0.25) is 9.59 Å². The number of hydrogen-bond donors (Lipinski definition) is 2. The van der Waals surface area contributed by atoms with E-state index in [0.29, 0.717) is 36.5 Å². The molecule has 6 nitrogen and oxygen atoms in total. The average molecular weight is 445 g/mol. The minimum atomic E-state index is -0.000695. The van der Waals surface area contributed by atoms with Crippen molar-refractivity contribution in [2.45, 2.75) is 53.4 Å². The maximum atomic E-state index is 11.7. The molecule has 2 aromatic rings. The predicted octanol–water partition coefficient (Wildman–Crippen LogP) is 5.12. The zero-order valence-corrected chi connectivity index (χ0v) is 20.0. The number of hydrogen-bond acceptors (Lipinski definition) is 6. The number of carbonyl (C=O) groups is 2. The van der Waals surface area contributed by atoms with Crippen LogP contribution in [0.3, 0.4) is 0 Å². The molecule has 2 rings (SSSR count). The first kappa shape index (κ1) is 27.0. The van der Waals surface area contributed by atoms with E-state index in [1.807, 2.05) is 26.8 Å². The van der Waals surface area contributed by atoms with Gasteiger partial charge in [0.1, 0.15) is 11.6 Å². The summed E-state index contributed by atoms with van der Waals surface area (Å²) in [6, 6.07) is 10.4. The molecule has 0 saturated heterocycles. The van der Waals surface area contributed by atoms with Crippen LogP contribution >= 0.6 is 0 Å². The smallest absolute Gasteiger partial charge is 0.160 e. The Hall–Kier alpha value is -3.02. The third-order valence-corrected chi connectivity index (χ3v) is 5.31. The normalized spacial score (nSPS) is 12.2. The lowest BCUT2D eigenvalue weighted by atomic mass is 9.94. The van der Waals surface area contributed by atoms with Gasteiger partial charge >= 0.3 is 0 Å². The van der Waals surface area contributed by atoms with Gasteiger partial charge in [0.15, 0.2) is 23.0 Å². The molecule has 0 radical (unpaired) electrons. The van der Waals surface area contributed by atoms with E-state index in [9.17, 15) is 19.8 Å². The third kappa shape index (κ3) is 8.61. The number of ether oxygens (including phenoxy) is 2. The van der Waals surface area contributed by atoms with Crippen LogP contribution in [-0.2, 0) is 22.4 Å². The summed E-state index contributed by atoms with van der Waals surface area (Å²) in [6.45, 7) is 7.43. The Kier molecular flexibility index (Phi) is 11.3. The van der Waals surface area contributed by atoms with E-state index in [0.717, 1.165) is 17.5 Å². The fourth-order valence-electron chi connectivity index (χ4n) is 3.16. The predicted molar refractivity (Wildman–Crippen MR) is 126 cm³/mol. The van der Waals surface area contributed by atoms with Crippen LogP contribution in [0.25, 0.3) is 0 Å². The summed E-state index contributed by atoms with van der Waals surface area (Å²) < 4.78 is 10.0. The van der Waals surface area contributed by atoms with Crippen LogP contribution in [-0.4, -0.2) is 36.0 Å². The van der Waals surface area contributed by atoms with Gasteiger partial charge < -0.3 is 19.7 Å². The number of ketones is 2. The summed E-state index contributed by atoms with van der Waals surface area (Å²) in [5.41, 5.74) is 2.00. The van der Waals surface area contributed by atoms with Gasteiger partial charge in [-0.15, -0.1) is 0 Å². The van der Waals surface area contributed by atoms with E-state index in [1.54, 1.807) is 37.3 Å². The largest absolute Gasteiger partial charge is 0.504 e. The number of aromatic hydroxyl groups is 2. The number of benzene rings is 2. The molecule has 0 aromatic heterocycles. The first-order chi connectivity index (χ1) is 15.1. The van der Waals surface area contributed by atoms with Gasteiger partial charge in [0, 0.05) is 18.3 Å². The lowest BCUT2D eigenvalue weighted by molar-refractivity contribution is -0.122. The molecule has 0 aliphatic carbocycles. The van der Waals surface area contributed by atoms with Crippen molar-refractivity contribution in [3.63, 3.8) is 0 Å². The summed E-state index contributed by atoms with van der Waals surface area (Å²) in [5.74, 6) is 1.63. The Balaban J connectivity index is 0.000000323. The number of carbonyl (C=O) groups excluding carboxylic acids is 2. The molecule has 0 aliphatic rings. The maximum absolute atomic E-state index is 11.7. The number of phenols is 2. The van der Waals surface area contributed by atoms with Gasteiger partial charge in [0.25, 0.3) is 0 Å². The SMILES string of the molecule is CCCC(=O)C(C)Cc1ccc(O)c(OC)c1.COc1cc(CC(C)C(C)=O)ccc1O. The molecule has 0 heterocycles. The van der Waals surface area contributed by atoms with E-state index < -0.39 is 0 Å². The van der Waals surface area contributed by atoms with Crippen LogP contribution in [0.5, 0.6) is 23.0 Å². The monoisotopic (exact) mass is 444 g/mol. The zero-order chi connectivity index (χ0) is 24.3. The van der Waals surface area contributed by atoms with Crippen LogP contribution in [0.15, 0.2) is 36.4 Å². The second-order valence-electron chi connectivity index (χ2n) is 8.05. The van der Waals surface area contributed by atoms with Crippen molar-refractivity contribution in [3.8, 4) is 23.0 Å². The minimum Gasteiger partial charge on any atom is -0.504 e. The van der Waals surface area contributed by atoms with Crippen molar-refractivity contribution < 1.29 is 29.3 Å². The van der Waals surface area contributed by atoms with Gasteiger partial charge in [-0.05, 0) is 61.6 Å². The Morgan fingerprint density at radius 1 is 0.844 bits per heavy atom. The molecule has 0 saturated carbocycles. The van der Waals surface area contributed by atoms with Crippen molar-refractivity contribution in [2.75, 3.05) is 14.2 Å². The fraction of sp³-hybridized carbons (Fsp3) is 0.462. The van der Waals surface area contributed by atoms with Crippen molar-refractivity contribution in [2.24, 2.45) is 11.8 Å². The molecule has 2 aromatic carbocycles. The molecule has 2 atom stereocenters. The van der Waals surface area contributed by atoms with E-state index in [2.05, 4.69) is 0 Å². The first-order valence-electron chi connectivity index (χ1n) is 10.9. The lowest BCUT2D eigenvalue weighted by Gasteiger charge is -2.11. The Morgan fingerprint density at radius 2 is 1.28 bits per heavy atom. The third-order valence-electron chi connectivity index (χ3n) is 5.31. The second kappa shape index (κ2) is 13.4. The van der Waals surface area contributed by atoms with Crippen LogP contribution in [0.1, 0.15) is 51.7 Å². The van der Waals surface area contributed by atoms with Crippen LogP contribution < -0.4 is 9.47 Å². The van der Waals surface area contributed by atoms with Gasteiger partial charge in [-0.1, -0.05) is 32.9 Å². The number of rotatable bonds is 10. The fourth-order valence-corrected chi connectivity index (χ4v) is 3.16. The van der Waals surface area contributed by atoms with E-state index in [-0.39, 0.29) is 29.1 Å². The van der Waals surface area contributed by atoms with Crippen LogP contribution in [0, 0.1) is 11.8 Å². The van der Waals surface area contributed by atoms with E-state index in [1.165, 1.54) is 14.2 Å². The van der Waals surface area contributed by atoms with E-state index >= 15 is 0 Å². The minimum absolute atomic E-state index is 0.000695. The molecule has 32 heavy (non-hydrogen) atoms. The highest BCUT2D eigenvalue weighted by Gasteiger charge is 2.14. The lowest BCUT2D eigenvalue weighted by Crippen LogP contribution is -2.13. The average Bonchev–Trinajstić information content (AvgIpc) is 2.76. The summed E-state index contributed by atoms with van der Waals surface area (Å²) in [5, 5.41) is 18.9. The zero-order valence-electron chi connectivity index (χ0n) is 20.0. The molecule has 2 N–H and O–H groups in total. The van der Waals surface area contributed by atoms with Gasteiger partial charge in [-0.2, -0.15) is 0 Å². The summed E-state index contributed by atoms with van der Waals surface area (Å²) in [6.07, 6.45) is 2.89. The molecular formula is C26H36O6.